The lowest BCUT2D eigenvalue weighted by Crippen LogP contribution is -2.42. The maximum Gasteiger partial charge on any atom is 0.335 e. The first-order valence-corrected chi connectivity index (χ1v) is 10.0. The summed E-state index contributed by atoms with van der Waals surface area (Å²) in [5.74, 6) is -1.80. The van der Waals surface area contributed by atoms with Crippen molar-refractivity contribution in [3.05, 3.63) is 12.2 Å². The molecule has 3 aliphatic rings. The predicted molar refractivity (Wildman–Crippen MR) is 96.8 cm³/mol. The van der Waals surface area contributed by atoms with E-state index in [0.717, 1.165) is 12.8 Å². The SMILES string of the molecule is C=C(C)C(=O)OC1O[C@H](C2COC(CC)(CC)O2)[C@@H]2OC(CC)(CC)O[C@H]12. The minimum Gasteiger partial charge on any atom is -0.429 e. The van der Waals surface area contributed by atoms with Gasteiger partial charge in [0.1, 0.15) is 18.3 Å². The van der Waals surface area contributed by atoms with Crippen LogP contribution in [0.15, 0.2) is 12.2 Å². The smallest absolute Gasteiger partial charge is 0.335 e. The Morgan fingerprint density at radius 1 is 0.963 bits per heavy atom. The average Bonchev–Trinajstić information content (AvgIpc) is 3.35. The van der Waals surface area contributed by atoms with Crippen LogP contribution >= 0.6 is 0 Å². The van der Waals surface area contributed by atoms with Crippen LogP contribution in [0.3, 0.4) is 0 Å². The van der Waals surface area contributed by atoms with E-state index in [-0.39, 0.29) is 12.2 Å². The van der Waals surface area contributed by atoms with Crippen LogP contribution in [-0.4, -0.2) is 54.9 Å². The fourth-order valence-corrected chi connectivity index (χ4v) is 3.98. The summed E-state index contributed by atoms with van der Waals surface area (Å²) >= 11 is 0. The zero-order valence-corrected chi connectivity index (χ0v) is 17.0. The predicted octanol–water partition coefficient (Wildman–Crippen LogP) is 3.06. The first-order chi connectivity index (χ1) is 12.8. The molecule has 3 rings (SSSR count). The van der Waals surface area contributed by atoms with E-state index in [0.29, 0.717) is 25.0 Å². The van der Waals surface area contributed by atoms with Crippen LogP contribution in [0.2, 0.25) is 0 Å². The zero-order chi connectivity index (χ0) is 19.8. The van der Waals surface area contributed by atoms with E-state index in [1.54, 1.807) is 6.92 Å². The monoisotopic (exact) mass is 384 g/mol. The van der Waals surface area contributed by atoms with Gasteiger partial charge < -0.3 is 28.4 Å². The van der Waals surface area contributed by atoms with Crippen LogP contribution in [0, 0.1) is 0 Å². The van der Waals surface area contributed by atoms with Crippen molar-refractivity contribution >= 4 is 5.97 Å². The number of ether oxygens (including phenoxy) is 6. The molecule has 3 saturated heterocycles. The maximum absolute atomic E-state index is 12.1. The molecule has 7 heteroatoms. The second-order valence-electron chi connectivity index (χ2n) is 7.52. The van der Waals surface area contributed by atoms with Crippen LogP contribution in [0.4, 0.5) is 0 Å². The Hall–Kier alpha value is -0.990. The summed E-state index contributed by atoms with van der Waals surface area (Å²) in [5, 5.41) is 0. The summed E-state index contributed by atoms with van der Waals surface area (Å²) in [6, 6.07) is 0. The third-order valence-corrected chi connectivity index (χ3v) is 5.88. The van der Waals surface area contributed by atoms with E-state index in [4.69, 9.17) is 28.4 Å². The van der Waals surface area contributed by atoms with Gasteiger partial charge in [-0.05, 0) is 32.6 Å². The van der Waals surface area contributed by atoms with Crippen molar-refractivity contribution in [2.75, 3.05) is 6.61 Å². The maximum atomic E-state index is 12.1. The second kappa shape index (κ2) is 7.79. The molecule has 7 nitrogen and oxygen atoms in total. The lowest BCUT2D eigenvalue weighted by Gasteiger charge is -2.31. The van der Waals surface area contributed by atoms with Gasteiger partial charge in [0.15, 0.2) is 17.7 Å². The van der Waals surface area contributed by atoms with Gasteiger partial charge >= 0.3 is 5.97 Å². The topological polar surface area (TPSA) is 72.5 Å². The van der Waals surface area contributed by atoms with Crippen LogP contribution in [0.5, 0.6) is 0 Å². The number of hydrogen-bond donors (Lipinski definition) is 0. The van der Waals surface area contributed by atoms with Crippen LogP contribution in [0.25, 0.3) is 0 Å². The molecule has 2 unspecified atom stereocenters. The van der Waals surface area contributed by atoms with Crippen LogP contribution < -0.4 is 0 Å². The molecule has 0 aromatic rings. The fraction of sp³-hybridized carbons (Fsp3) is 0.850. The lowest BCUT2D eigenvalue weighted by atomic mass is 10.1. The van der Waals surface area contributed by atoms with E-state index in [1.165, 1.54) is 0 Å². The highest BCUT2D eigenvalue weighted by molar-refractivity contribution is 5.87. The molecule has 0 aromatic carbocycles. The number of carbonyl (C=O) groups is 1. The number of rotatable bonds is 7. The van der Waals surface area contributed by atoms with Crippen molar-refractivity contribution < 1.29 is 33.2 Å². The molecule has 3 aliphatic heterocycles. The number of hydrogen-bond acceptors (Lipinski definition) is 7. The van der Waals surface area contributed by atoms with Gasteiger partial charge in [-0.2, -0.15) is 0 Å². The standard InChI is InChI=1S/C20H32O7/c1-7-19(8-2)22-11-13(25-19)14-15-16(27-20(9-3,10-4)26-15)18(23-14)24-17(21)12(5)6/h13-16,18H,5,7-11H2,1-4,6H3/t13?,14-,15+,16+,18?/m1/s1. The Bertz CT molecular complexity index is 567. The molecule has 0 aromatic heterocycles. The third-order valence-electron chi connectivity index (χ3n) is 5.88. The molecule has 0 saturated carbocycles. The quantitative estimate of drug-likeness (QED) is 0.493. The first kappa shape index (κ1) is 20.7. The number of fused-ring (bicyclic) bond motifs is 1. The Balaban J connectivity index is 1.80. The van der Waals surface area contributed by atoms with Crippen LogP contribution in [0.1, 0.15) is 60.3 Å². The minimum absolute atomic E-state index is 0.306. The minimum atomic E-state index is -0.856. The molecule has 0 radical (unpaired) electrons. The molecule has 0 spiro atoms. The van der Waals surface area contributed by atoms with Crippen molar-refractivity contribution in [1.29, 1.82) is 0 Å². The average molecular weight is 384 g/mol. The van der Waals surface area contributed by atoms with E-state index in [9.17, 15) is 4.79 Å². The lowest BCUT2D eigenvalue weighted by molar-refractivity contribution is -0.257. The number of carbonyl (C=O) groups excluding carboxylic acids is 1. The molecular weight excluding hydrogens is 352 g/mol. The summed E-state index contributed by atoms with van der Waals surface area (Å²) in [7, 11) is 0. The normalized spacial score (nSPS) is 36.6. The Kier molecular flexibility index (Phi) is 5.99. The molecule has 5 atom stereocenters. The molecule has 0 aliphatic carbocycles. The highest BCUT2D eigenvalue weighted by Crippen LogP contribution is 2.45. The van der Waals surface area contributed by atoms with Crippen molar-refractivity contribution in [3.63, 3.8) is 0 Å². The molecule has 0 N–H and O–H groups in total. The Labute approximate surface area is 161 Å². The molecule has 0 bridgehead atoms. The molecule has 0 amide bonds. The summed E-state index contributed by atoms with van der Waals surface area (Å²) in [6.45, 7) is 13.8. The number of esters is 1. The summed E-state index contributed by atoms with van der Waals surface area (Å²) in [5.41, 5.74) is 0.311. The molecule has 27 heavy (non-hydrogen) atoms. The van der Waals surface area contributed by atoms with Gasteiger partial charge in [0, 0.05) is 5.57 Å². The molecule has 3 fully saturated rings. The van der Waals surface area contributed by atoms with Crippen molar-refractivity contribution in [2.24, 2.45) is 0 Å². The van der Waals surface area contributed by atoms with Crippen LogP contribution in [-0.2, 0) is 33.2 Å². The van der Waals surface area contributed by atoms with Gasteiger partial charge in [0.05, 0.1) is 6.61 Å². The first-order valence-electron chi connectivity index (χ1n) is 10.0. The van der Waals surface area contributed by atoms with E-state index < -0.39 is 36.0 Å². The largest absolute Gasteiger partial charge is 0.429 e. The van der Waals surface area contributed by atoms with E-state index >= 15 is 0 Å². The highest BCUT2D eigenvalue weighted by Gasteiger charge is 2.62. The second-order valence-corrected chi connectivity index (χ2v) is 7.52. The fourth-order valence-electron chi connectivity index (χ4n) is 3.98. The van der Waals surface area contributed by atoms with Gasteiger partial charge in [0.25, 0.3) is 0 Å². The molecule has 154 valence electrons. The van der Waals surface area contributed by atoms with E-state index in [1.807, 2.05) is 27.7 Å². The third kappa shape index (κ3) is 3.68. The van der Waals surface area contributed by atoms with E-state index in [2.05, 4.69) is 6.58 Å². The van der Waals surface area contributed by atoms with Gasteiger partial charge in [0.2, 0.25) is 6.29 Å². The Morgan fingerprint density at radius 2 is 1.56 bits per heavy atom. The van der Waals surface area contributed by atoms with Gasteiger partial charge in [-0.3, -0.25) is 0 Å². The van der Waals surface area contributed by atoms with Crippen molar-refractivity contribution in [1.82, 2.24) is 0 Å². The Morgan fingerprint density at radius 3 is 2.07 bits per heavy atom. The molecule has 3 heterocycles. The van der Waals surface area contributed by atoms with Crippen molar-refractivity contribution in [2.45, 2.75) is 103 Å². The zero-order valence-electron chi connectivity index (χ0n) is 17.0. The highest BCUT2D eigenvalue weighted by atomic mass is 16.8. The molecular formula is C20H32O7. The van der Waals surface area contributed by atoms with Gasteiger partial charge in [-0.25, -0.2) is 4.79 Å². The summed E-state index contributed by atoms with van der Waals surface area (Å²) in [6.07, 6.45) is 0.412. The van der Waals surface area contributed by atoms with Gasteiger partial charge in [-0.15, -0.1) is 0 Å². The summed E-state index contributed by atoms with van der Waals surface area (Å²) in [4.78, 5) is 12.1. The van der Waals surface area contributed by atoms with Gasteiger partial charge in [-0.1, -0.05) is 34.3 Å². The van der Waals surface area contributed by atoms with Crippen molar-refractivity contribution in [3.8, 4) is 0 Å². The summed E-state index contributed by atoms with van der Waals surface area (Å²) < 4.78 is 36.3.